The number of rotatable bonds is 5. The summed E-state index contributed by atoms with van der Waals surface area (Å²) in [6.45, 7) is 7.88. The molecule has 2 aromatic carbocycles. The maximum absolute atomic E-state index is 11.5. The zero-order valence-corrected chi connectivity index (χ0v) is 22.2. The van der Waals surface area contributed by atoms with Crippen LogP contribution in [0.3, 0.4) is 0 Å². The second-order valence-corrected chi connectivity index (χ2v) is 10.5. The molecule has 2 N–H and O–H groups in total. The molecule has 1 saturated heterocycles. The Labute approximate surface area is 222 Å². The molecule has 5 atom stereocenters. The number of benzene rings is 2. The van der Waals surface area contributed by atoms with Crippen molar-refractivity contribution in [1.29, 1.82) is 5.26 Å². The highest BCUT2D eigenvalue weighted by atomic mass is 16.7. The first-order valence-electron chi connectivity index (χ1n) is 13.0. The first kappa shape index (κ1) is 24.9. The number of aliphatic hydroxyl groups excluding tert-OH is 1. The van der Waals surface area contributed by atoms with Crippen LogP contribution in [0.5, 0.6) is 28.7 Å². The molecule has 4 aliphatic rings. The van der Waals surface area contributed by atoms with Gasteiger partial charge in [0.15, 0.2) is 23.0 Å². The zero-order chi connectivity index (χ0) is 26.9. The summed E-state index contributed by atoms with van der Waals surface area (Å²) in [7, 11) is 3.59. The third kappa shape index (κ3) is 3.20. The van der Waals surface area contributed by atoms with E-state index in [1.165, 1.54) is 0 Å². The smallest absolute Gasteiger partial charge is 0.231 e. The average molecular weight is 520 g/mol. The number of phenolic OH excluding ortho intramolecular Hbond substituents is 1. The van der Waals surface area contributed by atoms with E-state index in [0.29, 0.717) is 42.4 Å². The van der Waals surface area contributed by atoms with Gasteiger partial charge in [0.25, 0.3) is 0 Å². The molecule has 1 unspecified atom stereocenters. The van der Waals surface area contributed by atoms with Crippen molar-refractivity contribution in [2.24, 2.45) is 0 Å². The van der Waals surface area contributed by atoms with Crippen molar-refractivity contribution >= 4 is 0 Å². The quantitative estimate of drug-likeness (QED) is 0.576. The summed E-state index contributed by atoms with van der Waals surface area (Å²) in [6, 6.07) is 3.06. The maximum Gasteiger partial charge on any atom is 0.231 e. The van der Waals surface area contributed by atoms with Crippen molar-refractivity contribution in [2.45, 2.75) is 56.9 Å². The van der Waals surface area contributed by atoms with Gasteiger partial charge in [0.05, 0.1) is 31.9 Å². The standard InChI is InChI=1S/C29H33N3O6/c1-6-7-36-27-15(3)28-29(38-13-37-28)23-17(27)10-19-24-22-16(8-14(2)26(35-5)25(22)34)9-18(31(24)4)20(11-30)32(19)21(23)12-33/h6,8,18-21,24,33-34H,1,7,9-10,12-13H2,2-5H3/t18-,19-,20-,21?,24-/m0/s1. The van der Waals surface area contributed by atoms with E-state index in [2.05, 4.69) is 28.5 Å². The molecule has 1 fully saturated rings. The predicted molar refractivity (Wildman–Crippen MR) is 139 cm³/mol. The van der Waals surface area contributed by atoms with Crippen LogP contribution < -0.4 is 18.9 Å². The molecule has 6 rings (SSSR count). The summed E-state index contributed by atoms with van der Waals surface area (Å²) >= 11 is 0. The SMILES string of the molecule is C=CCOc1c(C)c2c(c3c1C[C@H]1[C@H]4c5c(cc(C)c(OC)c5O)C[C@@H]([C@H](C#N)N1C3CO)N4C)OCO2. The Morgan fingerprint density at radius 1 is 1.18 bits per heavy atom. The van der Waals surface area contributed by atoms with Gasteiger partial charge >= 0.3 is 0 Å². The number of hydrogen-bond acceptors (Lipinski definition) is 9. The van der Waals surface area contributed by atoms with E-state index < -0.39 is 12.1 Å². The van der Waals surface area contributed by atoms with E-state index in [1.807, 2.05) is 20.9 Å². The molecule has 0 aliphatic carbocycles. The molecule has 0 aromatic heterocycles. The molecule has 0 radical (unpaired) electrons. The van der Waals surface area contributed by atoms with Crippen molar-refractivity contribution < 1.29 is 29.2 Å². The fourth-order valence-electron chi connectivity index (χ4n) is 7.34. The lowest BCUT2D eigenvalue weighted by molar-refractivity contribution is -0.0825. The number of methoxy groups -OCH3 is 1. The Kier molecular flexibility index (Phi) is 5.94. The Hall–Kier alpha value is -3.45. The van der Waals surface area contributed by atoms with Gasteiger partial charge < -0.3 is 29.2 Å². The van der Waals surface area contributed by atoms with E-state index in [-0.39, 0.29) is 37.3 Å². The van der Waals surface area contributed by atoms with Gasteiger partial charge in [-0.15, -0.1) is 0 Å². The molecular weight excluding hydrogens is 486 g/mol. The number of piperazine rings is 1. The number of nitriles is 1. The average Bonchev–Trinajstić information content (AvgIpc) is 3.39. The summed E-state index contributed by atoms with van der Waals surface area (Å²) in [5.74, 6) is 2.54. The second kappa shape index (κ2) is 9.09. The number of hydrogen-bond donors (Lipinski definition) is 2. The third-order valence-corrected chi connectivity index (χ3v) is 8.78. The largest absolute Gasteiger partial charge is 0.504 e. The van der Waals surface area contributed by atoms with E-state index >= 15 is 0 Å². The van der Waals surface area contributed by atoms with Gasteiger partial charge in [-0.25, -0.2) is 0 Å². The summed E-state index contributed by atoms with van der Waals surface area (Å²) in [5.41, 5.74) is 5.31. The van der Waals surface area contributed by atoms with Crippen LogP contribution in [0, 0.1) is 25.2 Å². The van der Waals surface area contributed by atoms with Crippen molar-refractivity contribution in [1.82, 2.24) is 9.80 Å². The van der Waals surface area contributed by atoms with Crippen molar-refractivity contribution in [2.75, 3.05) is 34.2 Å². The second-order valence-electron chi connectivity index (χ2n) is 10.5. The first-order chi connectivity index (χ1) is 18.4. The Morgan fingerprint density at radius 3 is 2.63 bits per heavy atom. The molecule has 4 heterocycles. The van der Waals surface area contributed by atoms with E-state index in [4.69, 9.17) is 18.9 Å². The number of aryl methyl sites for hydroxylation is 1. The molecule has 9 heteroatoms. The summed E-state index contributed by atoms with van der Waals surface area (Å²) in [6.07, 6.45) is 2.83. The van der Waals surface area contributed by atoms with Gasteiger partial charge in [-0.3, -0.25) is 9.80 Å². The van der Waals surface area contributed by atoms with Gasteiger partial charge in [-0.05, 0) is 44.9 Å². The Balaban J connectivity index is 1.60. The topological polar surface area (TPSA) is 108 Å². The highest BCUT2D eigenvalue weighted by Crippen LogP contribution is 2.58. The number of aromatic hydroxyl groups is 1. The summed E-state index contributed by atoms with van der Waals surface area (Å²) in [4.78, 5) is 4.36. The fourth-order valence-corrected chi connectivity index (χ4v) is 7.34. The van der Waals surface area contributed by atoms with Gasteiger partial charge in [0, 0.05) is 34.3 Å². The minimum Gasteiger partial charge on any atom is -0.504 e. The van der Waals surface area contributed by atoms with Gasteiger partial charge in [-0.1, -0.05) is 18.7 Å². The predicted octanol–water partition coefficient (Wildman–Crippen LogP) is 3.07. The van der Waals surface area contributed by atoms with Crippen LogP contribution in [-0.2, 0) is 12.8 Å². The van der Waals surface area contributed by atoms with Crippen LogP contribution in [0.2, 0.25) is 0 Å². The van der Waals surface area contributed by atoms with Crippen LogP contribution in [-0.4, -0.2) is 72.3 Å². The summed E-state index contributed by atoms with van der Waals surface area (Å²) in [5, 5.41) is 32.8. The van der Waals surface area contributed by atoms with Crippen molar-refractivity contribution in [3.63, 3.8) is 0 Å². The first-order valence-corrected chi connectivity index (χ1v) is 13.0. The molecule has 38 heavy (non-hydrogen) atoms. The zero-order valence-electron chi connectivity index (χ0n) is 22.2. The van der Waals surface area contributed by atoms with Crippen molar-refractivity contribution in [3.05, 3.63) is 52.1 Å². The van der Waals surface area contributed by atoms with Gasteiger partial charge in [-0.2, -0.15) is 5.26 Å². The number of nitrogens with zero attached hydrogens (tertiary/aromatic N) is 3. The van der Waals surface area contributed by atoms with Crippen LogP contribution in [0.25, 0.3) is 0 Å². The molecule has 0 amide bonds. The number of ether oxygens (including phenoxy) is 4. The number of aliphatic hydroxyl groups is 1. The molecule has 4 aliphatic heterocycles. The van der Waals surface area contributed by atoms with Crippen LogP contribution in [0.1, 0.15) is 45.5 Å². The number of likely N-dealkylation sites (N-methyl/N-ethyl adjacent to an activating group) is 1. The molecular formula is C29H33N3O6. The van der Waals surface area contributed by atoms with Gasteiger partial charge in [0.1, 0.15) is 18.4 Å². The minimum absolute atomic E-state index is 0.0885. The fraction of sp³-hybridized carbons (Fsp3) is 0.483. The maximum atomic E-state index is 11.5. The van der Waals surface area contributed by atoms with E-state index in [9.17, 15) is 15.5 Å². The monoisotopic (exact) mass is 519 g/mol. The number of fused-ring (bicyclic) bond motifs is 9. The summed E-state index contributed by atoms with van der Waals surface area (Å²) < 4.78 is 23.6. The number of phenols is 1. The van der Waals surface area contributed by atoms with Crippen molar-refractivity contribution in [3.8, 4) is 34.8 Å². The lowest BCUT2D eigenvalue weighted by Crippen LogP contribution is -2.68. The van der Waals surface area contributed by atoms with Gasteiger partial charge in [0.2, 0.25) is 6.79 Å². The molecule has 2 bridgehead atoms. The Bertz CT molecular complexity index is 1370. The third-order valence-electron chi connectivity index (χ3n) is 8.78. The van der Waals surface area contributed by atoms with Crippen LogP contribution in [0.15, 0.2) is 18.7 Å². The van der Waals surface area contributed by atoms with E-state index in [0.717, 1.165) is 33.4 Å². The molecule has 2 aromatic rings. The molecule has 200 valence electrons. The van der Waals surface area contributed by atoms with Crippen LogP contribution >= 0.6 is 0 Å². The molecule has 9 nitrogen and oxygen atoms in total. The highest BCUT2D eigenvalue weighted by Gasteiger charge is 2.56. The Morgan fingerprint density at radius 2 is 1.95 bits per heavy atom. The normalized spacial score (nSPS) is 27.1. The molecule has 0 saturated carbocycles. The van der Waals surface area contributed by atoms with Crippen LogP contribution in [0.4, 0.5) is 0 Å². The lowest BCUT2D eigenvalue weighted by Gasteiger charge is -2.59. The highest BCUT2D eigenvalue weighted by molar-refractivity contribution is 5.66. The minimum atomic E-state index is -0.509. The van der Waals surface area contributed by atoms with E-state index in [1.54, 1.807) is 13.2 Å². The molecule has 0 spiro atoms. The lowest BCUT2D eigenvalue weighted by atomic mass is 9.71.